The normalized spacial score (nSPS) is 34.4. The molecule has 1 unspecified atom stereocenters. The number of hydrazine groups is 1. The molecular formula is C7H16N4. The molecule has 0 bridgehead atoms. The number of nitrogens with zero attached hydrogens (tertiary/aromatic N) is 1. The van der Waals surface area contributed by atoms with Crippen molar-refractivity contribution in [2.45, 2.75) is 12.6 Å². The summed E-state index contributed by atoms with van der Waals surface area (Å²) in [6.45, 7) is 5.57. The van der Waals surface area contributed by atoms with Gasteiger partial charge in [-0.25, -0.2) is 5.01 Å². The molecule has 4 heteroatoms. The summed E-state index contributed by atoms with van der Waals surface area (Å²) in [6.07, 6.45) is 1.78. The van der Waals surface area contributed by atoms with E-state index < -0.39 is 0 Å². The van der Waals surface area contributed by atoms with Crippen LogP contribution in [0.2, 0.25) is 0 Å². The third-order valence-corrected chi connectivity index (χ3v) is 2.29. The van der Waals surface area contributed by atoms with E-state index in [1.165, 1.54) is 13.0 Å². The van der Waals surface area contributed by atoms with Crippen molar-refractivity contribution in [3.05, 3.63) is 0 Å². The average Bonchev–Trinajstić information content (AvgIpc) is 2.58. The summed E-state index contributed by atoms with van der Waals surface area (Å²) in [5, 5.41) is 9.13. The van der Waals surface area contributed by atoms with Crippen molar-refractivity contribution < 1.29 is 0 Å². The second-order valence-corrected chi connectivity index (χ2v) is 3.13. The van der Waals surface area contributed by atoms with E-state index in [1.807, 2.05) is 0 Å². The van der Waals surface area contributed by atoms with E-state index in [9.17, 15) is 0 Å². The number of hydrogen-bond acceptors (Lipinski definition) is 4. The van der Waals surface area contributed by atoms with E-state index in [2.05, 4.69) is 21.1 Å². The molecule has 0 aliphatic carbocycles. The monoisotopic (exact) mass is 156 g/mol. The highest BCUT2D eigenvalue weighted by molar-refractivity contribution is 4.77. The molecule has 1 atom stereocenters. The first-order valence-corrected chi connectivity index (χ1v) is 4.41. The van der Waals surface area contributed by atoms with Crippen molar-refractivity contribution in [3.8, 4) is 0 Å². The molecule has 0 aromatic rings. The molecule has 2 heterocycles. The van der Waals surface area contributed by atoms with Crippen LogP contribution in [0.4, 0.5) is 0 Å². The number of nitrogens with one attached hydrogen (secondary N) is 3. The molecule has 0 radical (unpaired) electrons. The van der Waals surface area contributed by atoms with E-state index in [-0.39, 0.29) is 0 Å². The van der Waals surface area contributed by atoms with Crippen LogP contribution >= 0.6 is 0 Å². The molecule has 0 aromatic heterocycles. The molecular weight excluding hydrogens is 140 g/mol. The Bertz CT molecular complexity index is 116. The summed E-state index contributed by atoms with van der Waals surface area (Å²) >= 11 is 0. The first-order chi connectivity index (χ1) is 5.47. The van der Waals surface area contributed by atoms with Crippen LogP contribution in [0.15, 0.2) is 0 Å². The predicted octanol–water partition coefficient (Wildman–Crippen LogP) is -1.28. The molecule has 64 valence electrons. The lowest BCUT2D eigenvalue weighted by Gasteiger charge is -2.31. The topological polar surface area (TPSA) is 39.3 Å². The molecule has 2 aliphatic rings. The van der Waals surface area contributed by atoms with Gasteiger partial charge in [0.25, 0.3) is 0 Å². The Kier molecular flexibility index (Phi) is 2.38. The molecule has 2 saturated heterocycles. The van der Waals surface area contributed by atoms with Crippen molar-refractivity contribution in [3.63, 3.8) is 0 Å². The first-order valence-electron chi connectivity index (χ1n) is 4.41. The quantitative estimate of drug-likeness (QED) is 0.442. The Hall–Kier alpha value is -0.160. The maximum atomic E-state index is 3.46. The minimum atomic E-state index is 0.506. The van der Waals surface area contributed by atoms with Gasteiger partial charge in [-0.15, -0.1) is 0 Å². The molecule has 4 nitrogen and oxygen atoms in total. The van der Waals surface area contributed by atoms with Gasteiger partial charge in [0.1, 0.15) is 0 Å². The van der Waals surface area contributed by atoms with Crippen molar-refractivity contribution in [2.75, 3.05) is 32.7 Å². The maximum Gasteiger partial charge on any atom is 0.0859 e. The van der Waals surface area contributed by atoms with Gasteiger partial charge in [0.15, 0.2) is 0 Å². The fourth-order valence-electron chi connectivity index (χ4n) is 1.68. The fraction of sp³-hybridized carbons (Fsp3) is 1.00. The lowest BCUT2D eigenvalue weighted by Crippen LogP contribution is -2.59. The Balaban J connectivity index is 1.82. The van der Waals surface area contributed by atoms with Gasteiger partial charge in [0.05, 0.1) is 6.17 Å². The summed E-state index contributed by atoms with van der Waals surface area (Å²) in [4.78, 5) is 0. The highest BCUT2D eigenvalue weighted by Gasteiger charge is 2.22. The van der Waals surface area contributed by atoms with E-state index >= 15 is 0 Å². The summed E-state index contributed by atoms with van der Waals surface area (Å²) in [6, 6.07) is 0. The van der Waals surface area contributed by atoms with E-state index in [1.54, 1.807) is 0 Å². The maximum absolute atomic E-state index is 3.46. The second kappa shape index (κ2) is 3.49. The lowest BCUT2D eigenvalue weighted by atomic mass is 10.3. The van der Waals surface area contributed by atoms with Gasteiger partial charge in [-0.3, -0.25) is 10.7 Å². The van der Waals surface area contributed by atoms with E-state index in [0.29, 0.717) is 6.17 Å². The molecule has 0 spiro atoms. The highest BCUT2D eigenvalue weighted by atomic mass is 15.6. The van der Waals surface area contributed by atoms with Crippen LogP contribution in [0.1, 0.15) is 6.42 Å². The Morgan fingerprint density at radius 3 is 2.82 bits per heavy atom. The molecule has 2 aliphatic heterocycles. The number of piperazine rings is 1. The zero-order chi connectivity index (χ0) is 7.52. The molecule has 2 fully saturated rings. The molecule has 11 heavy (non-hydrogen) atoms. The van der Waals surface area contributed by atoms with Crippen LogP contribution in [-0.4, -0.2) is 43.9 Å². The zero-order valence-electron chi connectivity index (χ0n) is 6.77. The van der Waals surface area contributed by atoms with E-state index in [4.69, 9.17) is 0 Å². The summed E-state index contributed by atoms with van der Waals surface area (Å²) < 4.78 is 0. The van der Waals surface area contributed by atoms with Crippen LogP contribution in [0, 0.1) is 0 Å². The smallest absolute Gasteiger partial charge is 0.0859 e. The van der Waals surface area contributed by atoms with Gasteiger partial charge >= 0.3 is 0 Å². The molecule has 0 amide bonds. The molecule has 3 N–H and O–H groups in total. The number of rotatable bonds is 1. The summed E-state index contributed by atoms with van der Waals surface area (Å²) in [5.74, 6) is 0. The van der Waals surface area contributed by atoms with E-state index in [0.717, 1.165) is 26.2 Å². The minimum Gasteiger partial charge on any atom is -0.313 e. The Labute approximate surface area is 67.3 Å². The molecule has 0 aromatic carbocycles. The van der Waals surface area contributed by atoms with Crippen molar-refractivity contribution >= 4 is 0 Å². The number of hydrogen-bond donors (Lipinski definition) is 3. The first kappa shape index (κ1) is 7.49. The predicted molar refractivity (Wildman–Crippen MR) is 44.0 cm³/mol. The lowest BCUT2D eigenvalue weighted by molar-refractivity contribution is 0.129. The van der Waals surface area contributed by atoms with Gasteiger partial charge in [0, 0.05) is 32.7 Å². The van der Waals surface area contributed by atoms with Crippen LogP contribution < -0.4 is 16.1 Å². The minimum absolute atomic E-state index is 0.506. The average molecular weight is 156 g/mol. The third-order valence-electron chi connectivity index (χ3n) is 2.29. The molecule has 2 rings (SSSR count). The van der Waals surface area contributed by atoms with Gasteiger partial charge in [-0.1, -0.05) is 0 Å². The van der Waals surface area contributed by atoms with Gasteiger partial charge < -0.3 is 5.32 Å². The van der Waals surface area contributed by atoms with Crippen LogP contribution in [0.25, 0.3) is 0 Å². The Morgan fingerprint density at radius 2 is 2.18 bits per heavy atom. The molecule has 0 saturated carbocycles. The van der Waals surface area contributed by atoms with Crippen molar-refractivity contribution in [1.29, 1.82) is 0 Å². The fourth-order valence-corrected chi connectivity index (χ4v) is 1.68. The summed E-state index contributed by atoms with van der Waals surface area (Å²) in [5.41, 5.74) is 3.36. The SMILES string of the molecule is C1CNN(C2CNCCN2)C1. The van der Waals surface area contributed by atoms with Crippen molar-refractivity contribution in [1.82, 2.24) is 21.1 Å². The van der Waals surface area contributed by atoms with Crippen molar-refractivity contribution in [2.24, 2.45) is 0 Å². The highest BCUT2D eigenvalue weighted by Crippen LogP contribution is 2.01. The van der Waals surface area contributed by atoms with Crippen LogP contribution in [0.5, 0.6) is 0 Å². The zero-order valence-corrected chi connectivity index (χ0v) is 6.77. The van der Waals surface area contributed by atoms with Gasteiger partial charge in [-0.05, 0) is 6.42 Å². The largest absolute Gasteiger partial charge is 0.313 e. The van der Waals surface area contributed by atoms with Gasteiger partial charge in [-0.2, -0.15) is 0 Å². The van der Waals surface area contributed by atoms with Crippen LogP contribution in [0.3, 0.4) is 0 Å². The second-order valence-electron chi connectivity index (χ2n) is 3.13. The van der Waals surface area contributed by atoms with Gasteiger partial charge in [0.2, 0.25) is 0 Å². The Morgan fingerprint density at radius 1 is 1.18 bits per heavy atom. The third kappa shape index (κ3) is 1.70. The standard InChI is InChI=1S/C7H16N4/c1-2-10-11(5-1)7-6-8-3-4-9-7/h7-10H,1-6H2. The van der Waals surface area contributed by atoms with Crippen LogP contribution in [-0.2, 0) is 0 Å². The summed E-state index contributed by atoms with van der Waals surface area (Å²) in [7, 11) is 0.